The van der Waals surface area contributed by atoms with Gasteiger partial charge in [-0.1, -0.05) is 90.4 Å². The van der Waals surface area contributed by atoms with Crippen molar-refractivity contribution >= 4 is 5.97 Å². The highest BCUT2D eigenvalue weighted by Crippen LogP contribution is 2.32. The van der Waals surface area contributed by atoms with Crippen LogP contribution in [0.5, 0.6) is 0 Å². The van der Waals surface area contributed by atoms with Crippen LogP contribution in [0.1, 0.15) is 162 Å². The Labute approximate surface area is 272 Å². The van der Waals surface area contributed by atoms with E-state index in [2.05, 4.69) is 6.92 Å². The van der Waals surface area contributed by atoms with Crippen molar-refractivity contribution in [2.45, 2.75) is 217 Å². The number of carbonyl (C=O) groups excluding carboxylic acids is 1. The zero-order chi connectivity index (χ0) is 32.4. The average Bonchev–Trinajstić information content (AvgIpc) is 3.77. The van der Waals surface area contributed by atoms with E-state index in [-0.39, 0.29) is 42.9 Å². The predicted octanol–water partition coefficient (Wildman–Crippen LogP) is 7.81. The highest BCUT2D eigenvalue weighted by Gasteiger charge is 2.36. The number of aliphatic hydroxyl groups excluding tert-OH is 3. The summed E-state index contributed by atoms with van der Waals surface area (Å²) in [5.74, 6) is -0.303. The topological polar surface area (TPSA) is 105 Å². The molecular weight excluding hydrogens is 574 g/mol. The first-order valence-corrected chi connectivity index (χ1v) is 18.7. The summed E-state index contributed by atoms with van der Waals surface area (Å²) in [6.07, 6.45) is 19.6. The summed E-state index contributed by atoms with van der Waals surface area (Å²) in [6, 6.07) is 0. The van der Waals surface area contributed by atoms with E-state index in [1.165, 1.54) is 38.5 Å². The Morgan fingerprint density at radius 2 is 1.31 bits per heavy atom. The van der Waals surface area contributed by atoms with Crippen molar-refractivity contribution in [1.82, 2.24) is 0 Å². The first-order chi connectivity index (χ1) is 21.8. The molecule has 0 aromatic carbocycles. The molecule has 0 aromatic rings. The zero-order valence-electron chi connectivity index (χ0n) is 28.4. The van der Waals surface area contributed by atoms with E-state index in [9.17, 15) is 20.1 Å². The summed E-state index contributed by atoms with van der Waals surface area (Å²) in [6.45, 7) is 4.06. The molecule has 0 bridgehead atoms. The minimum absolute atomic E-state index is 0.114. The minimum Gasteiger partial charge on any atom is -0.455 e. The maximum absolute atomic E-state index is 15.0. The van der Waals surface area contributed by atoms with Crippen LogP contribution in [0.25, 0.3) is 0 Å². The zero-order valence-corrected chi connectivity index (χ0v) is 28.4. The molecule has 3 aliphatic rings. The van der Waals surface area contributed by atoms with Gasteiger partial charge in [-0.3, -0.25) is 0 Å². The van der Waals surface area contributed by atoms with Gasteiger partial charge in [0.1, 0.15) is 12.3 Å². The molecule has 0 spiro atoms. The molecule has 0 aliphatic carbocycles. The van der Waals surface area contributed by atoms with Gasteiger partial charge in [-0.2, -0.15) is 0 Å². The summed E-state index contributed by atoms with van der Waals surface area (Å²) in [5, 5.41) is 31.5. The number of cyclic esters (lactones) is 1. The second kappa shape index (κ2) is 21.7. The standard InChI is InChI=1S/C37H65FO7/c1-3-4-5-6-7-8-12-15-18-32(40)35-23-24-36(45-35)33(41)21-20-31(38)34-22-19-30(44-34)17-14-11-9-10-13-16-29(39)26-28-25-27(2)43-37(28)42/h25,27,29-36,39-41H,3-24,26H2,1-2H3/t27-,29+,30+,31-,32-,33-,34-,35+,36+/m0/s1/i38-1. The maximum Gasteiger partial charge on any atom is 0.334 e. The number of rotatable bonds is 25. The van der Waals surface area contributed by atoms with Crippen LogP contribution in [-0.2, 0) is 19.0 Å². The van der Waals surface area contributed by atoms with E-state index in [1.54, 1.807) is 6.08 Å². The Hall–Kier alpha value is -1.06. The Morgan fingerprint density at radius 3 is 1.96 bits per heavy atom. The number of aliphatic hydroxyl groups is 3. The number of halogens is 1. The van der Waals surface area contributed by atoms with Gasteiger partial charge < -0.3 is 29.5 Å². The first-order valence-electron chi connectivity index (χ1n) is 18.7. The minimum atomic E-state index is -1.08. The van der Waals surface area contributed by atoms with Crippen molar-refractivity contribution in [3.63, 3.8) is 0 Å². The van der Waals surface area contributed by atoms with Gasteiger partial charge in [0, 0.05) is 12.0 Å². The van der Waals surface area contributed by atoms with Crippen molar-refractivity contribution in [3.8, 4) is 0 Å². The van der Waals surface area contributed by atoms with Gasteiger partial charge in [0.25, 0.3) is 0 Å². The highest BCUT2D eigenvalue weighted by molar-refractivity contribution is 5.90. The summed E-state index contributed by atoms with van der Waals surface area (Å²) < 4.78 is 32.2. The molecule has 45 heavy (non-hydrogen) atoms. The second-order valence-corrected chi connectivity index (χ2v) is 14.2. The molecule has 3 rings (SSSR count). The lowest BCUT2D eigenvalue weighted by molar-refractivity contribution is -0.139. The van der Waals surface area contributed by atoms with Crippen LogP contribution in [0.2, 0.25) is 0 Å². The van der Waals surface area contributed by atoms with Gasteiger partial charge in [0.15, 0.2) is 0 Å². The number of hydrogen-bond acceptors (Lipinski definition) is 7. The van der Waals surface area contributed by atoms with Crippen LogP contribution in [-0.4, -0.2) is 76.3 Å². The number of alkyl halides is 1. The van der Waals surface area contributed by atoms with Crippen LogP contribution in [0.15, 0.2) is 11.6 Å². The lowest BCUT2D eigenvalue weighted by Gasteiger charge is -2.23. The van der Waals surface area contributed by atoms with Crippen LogP contribution in [0.4, 0.5) is 4.39 Å². The van der Waals surface area contributed by atoms with Crippen molar-refractivity contribution in [2.75, 3.05) is 0 Å². The average molecular weight is 640 g/mol. The van der Waals surface area contributed by atoms with Crippen LogP contribution in [0.3, 0.4) is 0 Å². The molecule has 3 N–H and O–H groups in total. The van der Waals surface area contributed by atoms with Gasteiger partial charge in [0.05, 0.1) is 42.7 Å². The van der Waals surface area contributed by atoms with Crippen molar-refractivity contribution in [3.05, 3.63) is 11.6 Å². The fourth-order valence-corrected chi connectivity index (χ4v) is 7.26. The number of esters is 1. The normalized spacial score (nSPS) is 27.8. The molecule has 0 aromatic heterocycles. The van der Waals surface area contributed by atoms with Crippen molar-refractivity contribution in [2.24, 2.45) is 0 Å². The molecule has 8 heteroatoms. The molecular formula is C37H65FO7. The van der Waals surface area contributed by atoms with E-state index in [1.807, 2.05) is 6.92 Å². The fourth-order valence-electron chi connectivity index (χ4n) is 7.26. The third kappa shape index (κ3) is 14.7. The summed E-state index contributed by atoms with van der Waals surface area (Å²) >= 11 is 0. The Morgan fingerprint density at radius 1 is 0.733 bits per heavy atom. The third-order valence-electron chi connectivity index (χ3n) is 10.1. The molecule has 0 saturated carbocycles. The Balaban J connectivity index is 1.16. The Kier molecular flexibility index (Phi) is 18.5. The molecule has 3 heterocycles. The maximum atomic E-state index is 15.0. The molecule has 0 radical (unpaired) electrons. The van der Waals surface area contributed by atoms with Crippen LogP contribution >= 0.6 is 0 Å². The SMILES string of the molecule is CCCCCCCCCC[C@H](O)[C@H]1CC[C@H]([C@@H](O)CC[C@H]([18F])[C@@H]2CC[C@@H](CCCCCCC[C@@H](O)CC3=C[C@H](C)OC3=O)O2)O1. The fraction of sp³-hybridized carbons (Fsp3) is 0.919. The highest BCUT2D eigenvalue weighted by atomic mass is 18.2. The lowest BCUT2D eigenvalue weighted by Crippen LogP contribution is -2.32. The van der Waals surface area contributed by atoms with E-state index < -0.39 is 24.5 Å². The summed E-state index contributed by atoms with van der Waals surface area (Å²) in [7, 11) is 0. The third-order valence-corrected chi connectivity index (χ3v) is 10.1. The molecule has 7 nitrogen and oxygen atoms in total. The number of unbranched alkanes of at least 4 members (excludes halogenated alkanes) is 11. The molecule has 0 amide bonds. The number of ether oxygens (including phenoxy) is 3. The smallest absolute Gasteiger partial charge is 0.334 e. The molecule has 262 valence electrons. The van der Waals surface area contributed by atoms with Gasteiger partial charge in [-0.05, 0) is 70.8 Å². The van der Waals surface area contributed by atoms with Gasteiger partial charge in [-0.25, -0.2) is 9.18 Å². The van der Waals surface area contributed by atoms with Crippen LogP contribution in [0, 0.1) is 0 Å². The van der Waals surface area contributed by atoms with Gasteiger partial charge >= 0.3 is 5.97 Å². The largest absolute Gasteiger partial charge is 0.455 e. The monoisotopic (exact) mass is 639 g/mol. The Bertz CT molecular complexity index is 838. The quantitative estimate of drug-likeness (QED) is 0.0691. The van der Waals surface area contributed by atoms with E-state index in [0.29, 0.717) is 31.3 Å². The number of hydrogen-bond donors (Lipinski definition) is 3. The molecule has 3 aliphatic heterocycles. The van der Waals surface area contributed by atoms with Crippen molar-refractivity contribution < 1.29 is 38.7 Å². The lowest BCUT2D eigenvalue weighted by atomic mass is 9.99. The summed E-state index contributed by atoms with van der Waals surface area (Å²) in [5.41, 5.74) is 0.591. The predicted molar refractivity (Wildman–Crippen MR) is 176 cm³/mol. The molecule has 9 atom stereocenters. The summed E-state index contributed by atoms with van der Waals surface area (Å²) in [4.78, 5) is 11.7. The van der Waals surface area contributed by atoms with E-state index in [0.717, 1.165) is 77.0 Å². The molecule has 0 unspecified atom stereocenters. The van der Waals surface area contributed by atoms with Gasteiger partial charge in [-0.15, -0.1) is 0 Å². The second-order valence-electron chi connectivity index (χ2n) is 14.2. The van der Waals surface area contributed by atoms with Crippen LogP contribution < -0.4 is 0 Å². The number of carbonyl (C=O) groups is 1. The first kappa shape index (κ1) is 38.4. The van der Waals surface area contributed by atoms with E-state index >= 15 is 4.39 Å². The van der Waals surface area contributed by atoms with E-state index in [4.69, 9.17) is 14.2 Å². The van der Waals surface area contributed by atoms with Gasteiger partial charge in [0.2, 0.25) is 0 Å². The van der Waals surface area contributed by atoms with Crippen molar-refractivity contribution in [1.29, 1.82) is 0 Å². The molecule has 2 fully saturated rings. The molecule has 2 saturated heterocycles.